The van der Waals surface area contributed by atoms with E-state index in [1.165, 1.54) is 11.0 Å². The normalized spacial score (nSPS) is 17.5. The average Bonchev–Trinajstić information content (AvgIpc) is 3.27. The van der Waals surface area contributed by atoms with Crippen molar-refractivity contribution in [3.63, 3.8) is 0 Å². The van der Waals surface area contributed by atoms with E-state index in [2.05, 4.69) is 15.6 Å². The summed E-state index contributed by atoms with van der Waals surface area (Å²) >= 11 is 0. The average molecular weight is 562 g/mol. The highest BCUT2D eigenvalue weighted by atomic mass is 32.2. The van der Waals surface area contributed by atoms with Gasteiger partial charge in [0.05, 0.1) is 29.3 Å². The van der Waals surface area contributed by atoms with Gasteiger partial charge >= 0.3 is 5.97 Å². The van der Waals surface area contributed by atoms with Gasteiger partial charge in [-0.05, 0) is 42.0 Å². The van der Waals surface area contributed by atoms with E-state index in [1.54, 1.807) is 37.4 Å². The standard InChI is InChI=1S/C28H27N5O6S/c1-32(23(34)17-33-13-15-40(38,39)16-14-33)20-9-7-19(8-10-20)29-25(18-5-3-2-4-6-18)24-21-11-12-22(28(36)37)30-26(21)31-27(24)35/h2-12,29H,13-17H2,1H3,(H,36,37)(H,30,31,35)/b25-24-. The number of nitrogens with zero attached hydrogens (tertiary/aromatic N) is 3. The second kappa shape index (κ2) is 10.9. The zero-order valence-corrected chi connectivity index (χ0v) is 22.4. The minimum Gasteiger partial charge on any atom is -0.477 e. The maximum atomic E-state index is 13.1. The van der Waals surface area contributed by atoms with Crippen molar-refractivity contribution in [2.75, 3.05) is 53.7 Å². The molecule has 11 nitrogen and oxygen atoms in total. The molecule has 3 N–H and O–H groups in total. The molecule has 3 aromatic rings. The number of anilines is 3. The lowest BCUT2D eigenvalue weighted by atomic mass is 10.0. The highest BCUT2D eigenvalue weighted by Gasteiger charge is 2.30. The fraction of sp³-hybridized carbons (Fsp3) is 0.214. The van der Waals surface area contributed by atoms with E-state index in [-0.39, 0.29) is 35.5 Å². The SMILES string of the molecule is CN(C(=O)CN1CCS(=O)(=O)CC1)c1ccc(N/C(=C2\C(=O)Nc3nc(C(=O)O)ccc32)c2ccccc2)cc1. The first-order valence-corrected chi connectivity index (χ1v) is 14.4. The van der Waals surface area contributed by atoms with Crippen molar-refractivity contribution >= 4 is 56.1 Å². The molecule has 0 atom stereocenters. The molecule has 1 aromatic heterocycles. The minimum absolute atomic E-state index is 0.0584. The lowest BCUT2D eigenvalue weighted by Gasteiger charge is -2.28. The first-order chi connectivity index (χ1) is 19.1. The van der Waals surface area contributed by atoms with Crippen LogP contribution in [0.3, 0.4) is 0 Å². The Hall–Kier alpha value is -4.55. The first kappa shape index (κ1) is 27.0. The van der Waals surface area contributed by atoms with Crippen molar-refractivity contribution in [1.29, 1.82) is 0 Å². The van der Waals surface area contributed by atoms with Gasteiger partial charge in [-0.1, -0.05) is 30.3 Å². The Labute approximate surface area is 231 Å². The Balaban J connectivity index is 1.39. The molecule has 12 heteroatoms. The van der Waals surface area contributed by atoms with Gasteiger partial charge in [-0.25, -0.2) is 18.2 Å². The van der Waals surface area contributed by atoms with Crippen molar-refractivity contribution in [2.24, 2.45) is 0 Å². The van der Waals surface area contributed by atoms with Gasteiger partial charge in [0.1, 0.15) is 5.82 Å². The number of fused-ring (bicyclic) bond motifs is 1. The molecular formula is C28H27N5O6S. The number of hydrogen-bond acceptors (Lipinski definition) is 8. The second-order valence-corrected chi connectivity index (χ2v) is 11.8. The number of sulfone groups is 1. The number of likely N-dealkylation sites (N-methyl/N-ethyl adjacent to an activating group) is 1. The van der Waals surface area contributed by atoms with Gasteiger partial charge in [-0.3, -0.25) is 14.5 Å². The van der Waals surface area contributed by atoms with Crippen LogP contribution in [0.25, 0.3) is 11.3 Å². The summed E-state index contributed by atoms with van der Waals surface area (Å²) in [7, 11) is -1.35. The summed E-state index contributed by atoms with van der Waals surface area (Å²) in [5.74, 6) is -1.46. The monoisotopic (exact) mass is 561 g/mol. The van der Waals surface area contributed by atoms with Gasteiger partial charge in [-0.2, -0.15) is 0 Å². The topological polar surface area (TPSA) is 149 Å². The fourth-order valence-corrected chi connectivity index (χ4v) is 5.84. The molecular weight excluding hydrogens is 534 g/mol. The molecule has 0 saturated carbocycles. The predicted molar refractivity (Wildman–Crippen MR) is 152 cm³/mol. The summed E-state index contributed by atoms with van der Waals surface area (Å²) in [5.41, 5.74) is 3.20. The summed E-state index contributed by atoms with van der Waals surface area (Å²) in [6.07, 6.45) is 0. The summed E-state index contributed by atoms with van der Waals surface area (Å²) in [6, 6.07) is 19.3. The number of nitrogens with one attached hydrogen (secondary N) is 2. The third kappa shape index (κ3) is 5.72. The van der Waals surface area contributed by atoms with Crippen LogP contribution < -0.4 is 15.5 Å². The molecule has 3 heterocycles. The van der Waals surface area contributed by atoms with E-state index in [0.29, 0.717) is 41.3 Å². The van der Waals surface area contributed by atoms with Crippen LogP contribution in [0.4, 0.5) is 17.2 Å². The van der Waals surface area contributed by atoms with Gasteiger partial charge in [0.25, 0.3) is 5.91 Å². The molecule has 2 aliphatic rings. The summed E-state index contributed by atoms with van der Waals surface area (Å²) in [5, 5.41) is 15.3. The number of aromatic carboxylic acids is 1. The molecule has 5 rings (SSSR count). The van der Waals surface area contributed by atoms with Crippen molar-refractivity contribution < 1.29 is 27.9 Å². The second-order valence-electron chi connectivity index (χ2n) is 9.52. The predicted octanol–water partition coefficient (Wildman–Crippen LogP) is 2.41. The highest BCUT2D eigenvalue weighted by Crippen LogP contribution is 2.37. The summed E-state index contributed by atoms with van der Waals surface area (Å²) in [4.78, 5) is 44.7. The summed E-state index contributed by atoms with van der Waals surface area (Å²) in [6.45, 7) is 0.805. The van der Waals surface area contributed by atoms with Crippen LogP contribution in [0.1, 0.15) is 21.6 Å². The number of carboxylic acid groups (broad SMARTS) is 1. The van der Waals surface area contributed by atoms with Crippen molar-refractivity contribution in [3.8, 4) is 0 Å². The lowest BCUT2D eigenvalue weighted by Crippen LogP contribution is -2.45. The van der Waals surface area contributed by atoms with E-state index in [4.69, 9.17) is 0 Å². The number of rotatable bonds is 7. The Morgan fingerprint density at radius 3 is 2.35 bits per heavy atom. The maximum Gasteiger partial charge on any atom is 0.354 e. The smallest absolute Gasteiger partial charge is 0.354 e. The lowest BCUT2D eigenvalue weighted by molar-refractivity contribution is -0.119. The van der Waals surface area contributed by atoms with Gasteiger partial charge in [0, 0.05) is 37.1 Å². The molecule has 0 bridgehead atoms. The Morgan fingerprint density at radius 2 is 1.70 bits per heavy atom. The van der Waals surface area contributed by atoms with E-state index in [0.717, 1.165) is 5.56 Å². The van der Waals surface area contributed by atoms with Crippen molar-refractivity contribution in [1.82, 2.24) is 9.88 Å². The van der Waals surface area contributed by atoms with Crippen LogP contribution in [0.2, 0.25) is 0 Å². The molecule has 0 radical (unpaired) electrons. The molecule has 1 fully saturated rings. The van der Waals surface area contributed by atoms with E-state index in [9.17, 15) is 27.9 Å². The van der Waals surface area contributed by atoms with Gasteiger partial charge in [0.2, 0.25) is 5.91 Å². The number of carbonyl (C=O) groups is 3. The largest absolute Gasteiger partial charge is 0.477 e. The fourth-order valence-electron chi connectivity index (χ4n) is 4.56. The Bertz CT molecular complexity index is 1610. The van der Waals surface area contributed by atoms with Gasteiger partial charge < -0.3 is 20.6 Å². The van der Waals surface area contributed by atoms with Crippen LogP contribution in [-0.4, -0.2) is 79.4 Å². The van der Waals surface area contributed by atoms with E-state index in [1.807, 2.05) is 35.2 Å². The molecule has 0 unspecified atom stereocenters. The molecule has 2 amide bonds. The first-order valence-electron chi connectivity index (χ1n) is 12.5. The molecule has 2 aliphatic heterocycles. The van der Waals surface area contributed by atoms with Crippen LogP contribution in [-0.2, 0) is 19.4 Å². The zero-order chi connectivity index (χ0) is 28.4. The number of aromatic nitrogens is 1. The molecule has 0 spiro atoms. The number of amides is 2. The molecule has 206 valence electrons. The third-order valence-corrected chi connectivity index (χ3v) is 8.46. The molecule has 0 aliphatic carbocycles. The number of hydrogen-bond donors (Lipinski definition) is 3. The Morgan fingerprint density at radius 1 is 1.02 bits per heavy atom. The molecule has 2 aromatic carbocycles. The van der Waals surface area contributed by atoms with E-state index >= 15 is 0 Å². The maximum absolute atomic E-state index is 13.1. The summed E-state index contributed by atoms with van der Waals surface area (Å²) < 4.78 is 23.3. The van der Waals surface area contributed by atoms with Crippen LogP contribution in [0.5, 0.6) is 0 Å². The van der Waals surface area contributed by atoms with Crippen molar-refractivity contribution in [3.05, 3.63) is 83.6 Å². The van der Waals surface area contributed by atoms with Crippen LogP contribution in [0.15, 0.2) is 66.7 Å². The molecule has 1 saturated heterocycles. The highest BCUT2D eigenvalue weighted by molar-refractivity contribution is 7.91. The number of carbonyl (C=O) groups excluding carboxylic acids is 2. The van der Waals surface area contributed by atoms with Gasteiger partial charge in [0.15, 0.2) is 15.5 Å². The van der Waals surface area contributed by atoms with Crippen molar-refractivity contribution in [2.45, 2.75) is 0 Å². The number of pyridine rings is 1. The molecule has 40 heavy (non-hydrogen) atoms. The van der Waals surface area contributed by atoms with Gasteiger partial charge in [-0.15, -0.1) is 0 Å². The number of carboxylic acids is 1. The quantitative estimate of drug-likeness (QED) is 0.370. The van der Waals surface area contributed by atoms with Crippen LogP contribution >= 0.6 is 0 Å². The van der Waals surface area contributed by atoms with Crippen LogP contribution in [0, 0.1) is 0 Å². The van der Waals surface area contributed by atoms with E-state index < -0.39 is 21.7 Å². The zero-order valence-electron chi connectivity index (χ0n) is 21.6. The number of benzene rings is 2. The Kier molecular flexibility index (Phi) is 7.37. The minimum atomic E-state index is -3.02. The third-order valence-electron chi connectivity index (χ3n) is 6.85.